The summed E-state index contributed by atoms with van der Waals surface area (Å²) >= 11 is 5.72. The van der Waals surface area contributed by atoms with Crippen molar-refractivity contribution >= 4 is 17.5 Å². The second kappa shape index (κ2) is 5.73. The number of hydrogen-bond acceptors (Lipinski definition) is 2. The van der Waals surface area contributed by atoms with Crippen molar-refractivity contribution in [3.63, 3.8) is 0 Å². The zero-order valence-electron chi connectivity index (χ0n) is 10.0. The van der Waals surface area contributed by atoms with Crippen LogP contribution in [0.25, 0.3) is 0 Å². The van der Waals surface area contributed by atoms with Crippen molar-refractivity contribution in [3.8, 4) is 5.75 Å². The van der Waals surface area contributed by atoms with E-state index in [9.17, 15) is 9.90 Å². The Labute approximate surface area is 106 Å². The minimum Gasteiger partial charge on any atom is -0.507 e. The van der Waals surface area contributed by atoms with Crippen molar-refractivity contribution in [1.82, 2.24) is 4.90 Å². The number of likely N-dealkylation sites (N-methyl/N-ethyl adjacent to an activating group) is 1. The molecular weight excluding hydrogens is 238 g/mol. The predicted octanol–water partition coefficient (Wildman–Crippen LogP) is 3.08. The van der Waals surface area contributed by atoms with Crippen LogP contribution in [0.5, 0.6) is 5.75 Å². The minimum absolute atomic E-state index is 0.0948. The highest BCUT2D eigenvalue weighted by Crippen LogP contribution is 2.23. The Morgan fingerprint density at radius 3 is 2.65 bits per heavy atom. The molecule has 0 radical (unpaired) electrons. The summed E-state index contributed by atoms with van der Waals surface area (Å²) in [6.07, 6.45) is 0. The van der Waals surface area contributed by atoms with Crippen molar-refractivity contribution in [2.24, 2.45) is 0 Å². The molecule has 17 heavy (non-hydrogen) atoms. The Morgan fingerprint density at radius 2 is 2.18 bits per heavy atom. The van der Waals surface area contributed by atoms with Crippen LogP contribution in [0.1, 0.15) is 24.2 Å². The lowest BCUT2D eigenvalue weighted by molar-refractivity contribution is 0.0775. The molecule has 0 saturated carbocycles. The van der Waals surface area contributed by atoms with E-state index in [1.165, 1.54) is 12.1 Å². The van der Waals surface area contributed by atoms with Crippen LogP contribution in [0, 0.1) is 0 Å². The summed E-state index contributed by atoms with van der Waals surface area (Å²) in [5.41, 5.74) is 1.16. The van der Waals surface area contributed by atoms with Crippen molar-refractivity contribution < 1.29 is 9.90 Å². The van der Waals surface area contributed by atoms with Crippen LogP contribution in [0.2, 0.25) is 5.02 Å². The molecule has 0 aromatic heterocycles. The SMILES string of the molecule is C=C(C)CN(CC)C(=O)c1ccc(Cl)cc1O. The average molecular weight is 254 g/mol. The Balaban J connectivity index is 2.97. The van der Waals surface area contributed by atoms with Gasteiger partial charge in [-0.05, 0) is 32.0 Å². The van der Waals surface area contributed by atoms with E-state index in [4.69, 9.17) is 11.6 Å². The largest absolute Gasteiger partial charge is 0.507 e. The van der Waals surface area contributed by atoms with Gasteiger partial charge in [0.15, 0.2) is 0 Å². The maximum Gasteiger partial charge on any atom is 0.257 e. The van der Waals surface area contributed by atoms with E-state index < -0.39 is 0 Å². The van der Waals surface area contributed by atoms with Gasteiger partial charge in [0.1, 0.15) is 5.75 Å². The van der Waals surface area contributed by atoms with Gasteiger partial charge in [0, 0.05) is 18.1 Å². The summed E-state index contributed by atoms with van der Waals surface area (Å²) in [6, 6.07) is 4.48. The molecule has 0 atom stereocenters. The molecule has 1 rings (SSSR count). The Bertz CT molecular complexity index is 443. The molecule has 1 amide bonds. The standard InChI is InChI=1S/C13H16ClNO2/c1-4-15(8-9(2)3)13(17)11-6-5-10(14)7-12(11)16/h5-7,16H,2,4,8H2,1,3H3. The third-order valence-corrected chi connectivity index (χ3v) is 2.55. The molecule has 0 fully saturated rings. The Kier molecular flexibility index (Phi) is 4.58. The molecule has 0 bridgehead atoms. The molecule has 0 heterocycles. The van der Waals surface area contributed by atoms with E-state index in [2.05, 4.69) is 6.58 Å². The van der Waals surface area contributed by atoms with Gasteiger partial charge in [0.25, 0.3) is 5.91 Å². The van der Waals surface area contributed by atoms with E-state index in [0.29, 0.717) is 18.1 Å². The lowest BCUT2D eigenvalue weighted by Gasteiger charge is -2.21. The number of aromatic hydroxyl groups is 1. The molecule has 4 heteroatoms. The highest BCUT2D eigenvalue weighted by Gasteiger charge is 2.17. The molecule has 0 unspecified atom stereocenters. The summed E-state index contributed by atoms with van der Waals surface area (Å²) in [4.78, 5) is 13.7. The summed E-state index contributed by atoms with van der Waals surface area (Å²) in [7, 11) is 0. The van der Waals surface area contributed by atoms with E-state index in [-0.39, 0.29) is 17.2 Å². The average Bonchev–Trinajstić information content (AvgIpc) is 2.24. The zero-order valence-corrected chi connectivity index (χ0v) is 10.8. The fraction of sp³-hybridized carbons (Fsp3) is 0.308. The van der Waals surface area contributed by atoms with E-state index in [1.807, 2.05) is 13.8 Å². The fourth-order valence-electron chi connectivity index (χ4n) is 1.51. The van der Waals surface area contributed by atoms with Gasteiger partial charge in [-0.2, -0.15) is 0 Å². The van der Waals surface area contributed by atoms with Gasteiger partial charge in [-0.15, -0.1) is 0 Å². The quantitative estimate of drug-likeness (QED) is 0.838. The van der Waals surface area contributed by atoms with Crippen LogP contribution in [0.4, 0.5) is 0 Å². The number of phenols is 1. The molecule has 0 aliphatic rings. The molecule has 1 N–H and O–H groups in total. The van der Waals surface area contributed by atoms with E-state index in [0.717, 1.165) is 5.57 Å². The maximum atomic E-state index is 12.1. The molecule has 1 aromatic carbocycles. The number of rotatable bonds is 4. The molecular formula is C13H16ClNO2. The second-order valence-corrected chi connectivity index (χ2v) is 4.37. The van der Waals surface area contributed by atoms with E-state index in [1.54, 1.807) is 11.0 Å². The van der Waals surface area contributed by atoms with Crippen LogP contribution >= 0.6 is 11.6 Å². The molecule has 0 aliphatic carbocycles. The first-order valence-electron chi connectivity index (χ1n) is 5.38. The van der Waals surface area contributed by atoms with Gasteiger partial charge >= 0.3 is 0 Å². The fourth-order valence-corrected chi connectivity index (χ4v) is 1.68. The summed E-state index contributed by atoms with van der Waals surface area (Å²) in [6.45, 7) is 8.57. The Hall–Kier alpha value is -1.48. The normalized spacial score (nSPS) is 10.1. The van der Waals surface area contributed by atoms with Crippen LogP contribution < -0.4 is 0 Å². The lowest BCUT2D eigenvalue weighted by Crippen LogP contribution is -2.32. The van der Waals surface area contributed by atoms with Crippen LogP contribution in [-0.4, -0.2) is 29.0 Å². The molecule has 0 saturated heterocycles. The first-order chi connectivity index (χ1) is 7.95. The number of benzene rings is 1. The molecule has 1 aromatic rings. The molecule has 0 aliphatic heterocycles. The highest BCUT2D eigenvalue weighted by atomic mass is 35.5. The number of phenolic OH excluding ortho intramolecular Hbond substituents is 1. The highest BCUT2D eigenvalue weighted by molar-refractivity contribution is 6.30. The van der Waals surface area contributed by atoms with Crippen molar-refractivity contribution in [2.45, 2.75) is 13.8 Å². The monoisotopic (exact) mass is 253 g/mol. The molecule has 92 valence electrons. The third-order valence-electron chi connectivity index (χ3n) is 2.32. The van der Waals surface area contributed by atoms with Crippen molar-refractivity contribution in [2.75, 3.05) is 13.1 Å². The second-order valence-electron chi connectivity index (χ2n) is 3.94. The number of amides is 1. The lowest BCUT2D eigenvalue weighted by atomic mass is 10.1. The zero-order chi connectivity index (χ0) is 13.0. The van der Waals surface area contributed by atoms with Crippen LogP contribution in [-0.2, 0) is 0 Å². The number of carbonyl (C=O) groups is 1. The van der Waals surface area contributed by atoms with E-state index >= 15 is 0 Å². The van der Waals surface area contributed by atoms with Gasteiger partial charge < -0.3 is 10.0 Å². The third kappa shape index (κ3) is 3.49. The van der Waals surface area contributed by atoms with Gasteiger partial charge in [-0.25, -0.2) is 0 Å². The van der Waals surface area contributed by atoms with Crippen molar-refractivity contribution in [1.29, 1.82) is 0 Å². The maximum absolute atomic E-state index is 12.1. The number of nitrogens with zero attached hydrogens (tertiary/aromatic N) is 1. The number of hydrogen-bond donors (Lipinski definition) is 1. The predicted molar refractivity (Wildman–Crippen MR) is 69.5 cm³/mol. The first-order valence-corrected chi connectivity index (χ1v) is 5.75. The minimum atomic E-state index is -0.218. The smallest absolute Gasteiger partial charge is 0.257 e. The topological polar surface area (TPSA) is 40.5 Å². The first kappa shape index (κ1) is 13.6. The molecule has 0 spiro atoms. The van der Waals surface area contributed by atoms with Gasteiger partial charge in [0.05, 0.1) is 5.56 Å². The molecule has 3 nitrogen and oxygen atoms in total. The number of halogens is 1. The summed E-state index contributed by atoms with van der Waals surface area (Å²) in [5, 5.41) is 10.1. The summed E-state index contributed by atoms with van der Waals surface area (Å²) in [5.74, 6) is -0.313. The van der Waals surface area contributed by atoms with Crippen molar-refractivity contribution in [3.05, 3.63) is 40.9 Å². The number of carbonyl (C=O) groups excluding carboxylic acids is 1. The van der Waals surface area contributed by atoms with Crippen LogP contribution in [0.3, 0.4) is 0 Å². The Morgan fingerprint density at radius 1 is 1.53 bits per heavy atom. The van der Waals surface area contributed by atoms with Gasteiger partial charge in [0.2, 0.25) is 0 Å². The summed E-state index contributed by atoms with van der Waals surface area (Å²) < 4.78 is 0. The van der Waals surface area contributed by atoms with Gasteiger partial charge in [-0.1, -0.05) is 23.8 Å². The van der Waals surface area contributed by atoms with Gasteiger partial charge in [-0.3, -0.25) is 4.79 Å². The van der Waals surface area contributed by atoms with Crippen LogP contribution in [0.15, 0.2) is 30.4 Å².